The molecule has 2 nitrogen and oxygen atoms in total. The summed E-state index contributed by atoms with van der Waals surface area (Å²) >= 11 is 0. The molecule has 0 N–H and O–H groups in total. The Hall–Kier alpha value is -7.68. The van der Waals surface area contributed by atoms with Gasteiger partial charge in [0.15, 0.2) is 0 Å². The van der Waals surface area contributed by atoms with Gasteiger partial charge in [0.05, 0.1) is 22.7 Å². The van der Waals surface area contributed by atoms with Crippen molar-refractivity contribution < 1.29 is 0 Å². The van der Waals surface area contributed by atoms with E-state index in [9.17, 15) is 0 Å². The predicted molar refractivity (Wildman–Crippen MR) is 296 cm³/mol. The highest BCUT2D eigenvalue weighted by Crippen LogP contribution is 2.60. The number of benzene rings is 9. The molecule has 0 spiro atoms. The highest BCUT2D eigenvalue weighted by Gasteiger charge is 2.44. The van der Waals surface area contributed by atoms with Gasteiger partial charge in [0.25, 0.3) is 0 Å². The van der Waals surface area contributed by atoms with Crippen LogP contribution in [0.15, 0.2) is 194 Å². The third-order valence-electron chi connectivity index (χ3n) is 16.8. The van der Waals surface area contributed by atoms with Gasteiger partial charge in [-0.3, -0.25) is 0 Å². The minimum atomic E-state index is -0.169. The van der Waals surface area contributed by atoms with E-state index in [1.54, 1.807) is 0 Å². The fourth-order valence-electron chi connectivity index (χ4n) is 12.8. The lowest BCUT2D eigenvalue weighted by atomic mass is 9.72. The van der Waals surface area contributed by atoms with Gasteiger partial charge in [-0.2, -0.15) is 0 Å². The van der Waals surface area contributed by atoms with Gasteiger partial charge in [0, 0.05) is 33.0 Å². The van der Waals surface area contributed by atoms with Crippen molar-refractivity contribution >= 4 is 46.3 Å². The van der Waals surface area contributed by atoms with Crippen LogP contribution in [0.3, 0.4) is 0 Å². The SMILES string of the molecule is CC1(C)c2cc(/C=C/c3ccc(-c4ccc5c(c4)C(C)(C)c4cc6c(cc4-5)C(C)(C)c4ccccc4N6c4ccccc4)cc3)ccc2-c2cc3c(cc21)N(c1ccccc1)c1ccccc1C3(C)C. The number of hydrogen-bond donors (Lipinski definition) is 0. The number of anilines is 6. The summed E-state index contributed by atoms with van der Waals surface area (Å²) in [6.45, 7) is 19.2. The Kier molecular flexibility index (Phi) is 9.04. The summed E-state index contributed by atoms with van der Waals surface area (Å²) < 4.78 is 0. The van der Waals surface area contributed by atoms with E-state index in [2.05, 4.69) is 271 Å². The molecule has 9 aromatic rings. The molecule has 0 aromatic heterocycles. The van der Waals surface area contributed by atoms with Crippen LogP contribution in [0.25, 0.3) is 45.5 Å². The van der Waals surface area contributed by atoms with E-state index < -0.39 is 0 Å². The molecule has 2 aliphatic heterocycles. The molecule has 13 rings (SSSR count). The highest BCUT2D eigenvalue weighted by atomic mass is 15.2. The number of nitrogens with zero attached hydrogens (tertiary/aromatic N) is 2. The number of rotatable bonds is 5. The van der Waals surface area contributed by atoms with Crippen LogP contribution in [0, 0.1) is 0 Å². The third kappa shape index (κ3) is 6.05. The van der Waals surface area contributed by atoms with E-state index >= 15 is 0 Å². The lowest BCUT2D eigenvalue weighted by molar-refractivity contribution is 0.627. The zero-order valence-electron chi connectivity index (χ0n) is 41.5. The van der Waals surface area contributed by atoms with Crippen molar-refractivity contribution in [3.8, 4) is 33.4 Å². The molecule has 0 unspecified atom stereocenters. The van der Waals surface area contributed by atoms with E-state index in [1.165, 1.54) is 123 Å². The fourth-order valence-corrected chi connectivity index (χ4v) is 12.8. The van der Waals surface area contributed by atoms with Crippen LogP contribution in [-0.4, -0.2) is 0 Å². The molecule has 340 valence electrons. The lowest BCUT2D eigenvalue weighted by Crippen LogP contribution is -2.31. The molecule has 0 amide bonds. The maximum atomic E-state index is 2.51. The second-order valence-electron chi connectivity index (χ2n) is 22.2. The maximum Gasteiger partial charge on any atom is 0.0506 e. The molecule has 2 heteroatoms. The van der Waals surface area contributed by atoms with Crippen LogP contribution in [-0.2, 0) is 21.7 Å². The first kappa shape index (κ1) is 42.4. The van der Waals surface area contributed by atoms with Gasteiger partial charge < -0.3 is 9.80 Å². The first-order valence-electron chi connectivity index (χ1n) is 25.1. The first-order valence-corrected chi connectivity index (χ1v) is 25.1. The van der Waals surface area contributed by atoms with Crippen LogP contribution in [0.2, 0.25) is 0 Å². The highest BCUT2D eigenvalue weighted by molar-refractivity contribution is 5.94. The summed E-state index contributed by atoms with van der Waals surface area (Å²) in [4.78, 5) is 4.95. The molecular formula is C68H58N2. The average Bonchev–Trinajstić information content (AvgIpc) is 3.73. The fraction of sp³-hybridized carbons (Fsp3) is 0.176. The second-order valence-corrected chi connectivity index (χ2v) is 22.2. The van der Waals surface area contributed by atoms with E-state index in [4.69, 9.17) is 0 Å². The van der Waals surface area contributed by atoms with Gasteiger partial charge in [-0.25, -0.2) is 0 Å². The zero-order valence-corrected chi connectivity index (χ0v) is 41.5. The van der Waals surface area contributed by atoms with E-state index in [0.29, 0.717) is 0 Å². The maximum absolute atomic E-state index is 2.51. The minimum absolute atomic E-state index is 0.155. The van der Waals surface area contributed by atoms with Gasteiger partial charge in [0.2, 0.25) is 0 Å². The Bertz CT molecular complexity index is 3640. The molecule has 0 fully saturated rings. The smallest absolute Gasteiger partial charge is 0.0506 e. The van der Waals surface area contributed by atoms with E-state index in [0.717, 1.165) is 0 Å². The summed E-state index contributed by atoms with van der Waals surface area (Å²) in [7, 11) is 0. The Balaban J connectivity index is 0.796. The summed E-state index contributed by atoms with van der Waals surface area (Å²) in [5, 5.41) is 0. The second kappa shape index (κ2) is 14.9. The standard InChI is InChI=1S/C68H58N2/c1-65(2)53-23-15-17-25-61(53)69(47-19-11-9-12-20-47)63-41-57-51(39-59(63)65)49-35-31-44(37-55(49)67(57,5)6)28-27-43-29-32-45(33-30-43)46-34-36-50-52-40-60-64(42-58(52)68(7,8)56(50)38-46)70(48-21-13-10-14-22-48)62-26-18-16-24-54(62)66(60,3)4/h9-42H,1-8H3/b28-27+. The number of fused-ring (bicyclic) bond motifs is 10. The van der Waals surface area contributed by atoms with Crippen molar-refractivity contribution in [1.29, 1.82) is 0 Å². The van der Waals surface area contributed by atoms with Crippen LogP contribution < -0.4 is 9.80 Å². The van der Waals surface area contributed by atoms with Crippen molar-refractivity contribution in [2.24, 2.45) is 0 Å². The summed E-state index contributed by atoms with van der Waals surface area (Å²) in [5.74, 6) is 0. The third-order valence-corrected chi connectivity index (χ3v) is 16.8. The van der Waals surface area contributed by atoms with Crippen molar-refractivity contribution in [3.63, 3.8) is 0 Å². The van der Waals surface area contributed by atoms with Crippen LogP contribution in [0.4, 0.5) is 34.1 Å². The molecule has 0 saturated carbocycles. The molecule has 2 aliphatic carbocycles. The van der Waals surface area contributed by atoms with E-state index in [-0.39, 0.29) is 21.7 Å². The Morgan fingerprint density at radius 2 is 0.657 bits per heavy atom. The van der Waals surface area contributed by atoms with Crippen LogP contribution >= 0.6 is 0 Å². The average molecular weight is 903 g/mol. The number of hydrogen-bond acceptors (Lipinski definition) is 2. The summed E-state index contributed by atoms with van der Waals surface area (Å²) in [5.41, 5.74) is 28.1. The lowest BCUT2D eigenvalue weighted by Gasteiger charge is -2.42. The van der Waals surface area contributed by atoms with Gasteiger partial charge in [-0.15, -0.1) is 0 Å². The Morgan fingerprint density at radius 1 is 0.271 bits per heavy atom. The van der Waals surface area contributed by atoms with Crippen molar-refractivity contribution in [3.05, 3.63) is 250 Å². The Labute approximate surface area is 414 Å². The molecule has 0 saturated heterocycles. The topological polar surface area (TPSA) is 6.48 Å². The van der Waals surface area contributed by atoms with E-state index in [1.807, 2.05) is 0 Å². The molecule has 0 bridgehead atoms. The van der Waals surface area contributed by atoms with Crippen molar-refractivity contribution in [2.45, 2.75) is 77.0 Å². The molecule has 0 atom stereocenters. The quantitative estimate of drug-likeness (QED) is 0.159. The molecule has 70 heavy (non-hydrogen) atoms. The van der Waals surface area contributed by atoms with Crippen LogP contribution in [0.5, 0.6) is 0 Å². The molecular weight excluding hydrogens is 845 g/mol. The summed E-state index contributed by atoms with van der Waals surface area (Å²) in [6.07, 6.45) is 4.54. The van der Waals surface area contributed by atoms with Crippen molar-refractivity contribution in [2.75, 3.05) is 9.80 Å². The molecule has 0 radical (unpaired) electrons. The molecule has 9 aromatic carbocycles. The normalized spacial score (nSPS) is 16.6. The van der Waals surface area contributed by atoms with Crippen LogP contribution in [0.1, 0.15) is 111 Å². The zero-order chi connectivity index (χ0) is 47.9. The molecule has 4 aliphatic rings. The summed E-state index contributed by atoms with van der Waals surface area (Å²) in [6, 6.07) is 73.0. The van der Waals surface area contributed by atoms with Gasteiger partial charge in [0.1, 0.15) is 0 Å². The van der Waals surface area contributed by atoms with Gasteiger partial charge in [-0.05, 0) is 156 Å². The number of para-hydroxylation sites is 4. The van der Waals surface area contributed by atoms with Gasteiger partial charge in [-0.1, -0.05) is 195 Å². The minimum Gasteiger partial charge on any atom is -0.310 e. The predicted octanol–water partition coefficient (Wildman–Crippen LogP) is 18.4. The monoisotopic (exact) mass is 902 g/mol. The van der Waals surface area contributed by atoms with Gasteiger partial charge >= 0.3 is 0 Å². The Morgan fingerprint density at radius 3 is 1.17 bits per heavy atom. The first-order chi connectivity index (χ1) is 33.7. The molecule has 2 heterocycles. The largest absolute Gasteiger partial charge is 0.310 e. The van der Waals surface area contributed by atoms with Crippen molar-refractivity contribution in [1.82, 2.24) is 0 Å².